The molecule has 1 unspecified atom stereocenters. The van der Waals surface area contributed by atoms with Gasteiger partial charge in [-0.2, -0.15) is 0 Å². The maximum Gasteiger partial charge on any atom is 0.415 e. The first-order chi connectivity index (χ1) is 9.19. The topological polar surface area (TPSA) is 66.8 Å². The van der Waals surface area contributed by atoms with E-state index in [1.165, 1.54) is 4.90 Å². The van der Waals surface area contributed by atoms with Gasteiger partial charge in [-0.15, -0.1) is 0 Å². The van der Waals surface area contributed by atoms with Crippen molar-refractivity contribution in [1.82, 2.24) is 0 Å². The predicted molar refractivity (Wildman–Crippen MR) is 78.0 cm³/mol. The van der Waals surface area contributed by atoms with Crippen molar-refractivity contribution < 1.29 is 19.4 Å². The highest BCUT2D eigenvalue weighted by Gasteiger charge is 2.40. The summed E-state index contributed by atoms with van der Waals surface area (Å²) < 4.78 is 6.09. The van der Waals surface area contributed by atoms with E-state index in [0.29, 0.717) is 5.69 Å². The van der Waals surface area contributed by atoms with E-state index in [2.05, 4.69) is 15.9 Å². The van der Waals surface area contributed by atoms with Crippen molar-refractivity contribution in [3.05, 3.63) is 28.2 Å². The number of amides is 1. The molecule has 0 fully saturated rings. The smallest absolute Gasteiger partial charge is 0.415 e. The second-order valence-electron chi connectivity index (χ2n) is 5.68. The summed E-state index contributed by atoms with van der Waals surface area (Å²) in [5.41, 5.74) is 0.738. The number of aliphatic carboxylic acids is 1. The Bertz CT molecular complexity index is 565. The molecule has 0 bridgehead atoms. The largest absolute Gasteiger partial charge is 0.480 e. The van der Waals surface area contributed by atoms with Gasteiger partial charge in [-0.3, -0.25) is 4.90 Å². The summed E-state index contributed by atoms with van der Waals surface area (Å²) in [7, 11) is 0. The summed E-state index contributed by atoms with van der Waals surface area (Å²) in [6.45, 7) is 5.25. The fourth-order valence-corrected chi connectivity index (χ4v) is 2.48. The number of carboxylic acids is 1. The number of rotatable bonds is 1. The van der Waals surface area contributed by atoms with Gasteiger partial charge in [0.1, 0.15) is 11.6 Å². The number of benzene rings is 1. The first kappa shape index (κ1) is 14.8. The fraction of sp³-hybridized carbons (Fsp3) is 0.429. The van der Waals surface area contributed by atoms with Crippen LogP contribution in [0.15, 0.2) is 22.7 Å². The first-order valence-electron chi connectivity index (χ1n) is 6.22. The summed E-state index contributed by atoms with van der Waals surface area (Å²) in [6, 6.07) is 4.47. The number of carboxylic acid groups (broad SMARTS) is 1. The van der Waals surface area contributed by atoms with E-state index in [1.54, 1.807) is 26.8 Å². The van der Waals surface area contributed by atoms with Gasteiger partial charge < -0.3 is 9.84 Å². The van der Waals surface area contributed by atoms with Crippen LogP contribution >= 0.6 is 15.9 Å². The summed E-state index contributed by atoms with van der Waals surface area (Å²) in [5.74, 6) is -1.04. The zero-order chi connectivity index (χ0) is 15.1. The Kier molecular flexibility index (Phi) is 3.77. The molecule has 20 heavy (non-hydrogen) atoms. The molecule has 1 aliphatic rings. The highest BCUT2D eigenvalue weighted by molar-refractivity contribution is 9.10. The summed E-state index contributed by atoms with van der Waals surface area (Å²) >= 11 is 3.33. The van der Waals surface area contributed by atoms with E-state index in [9.17, 15) is 14.7 Å². The molecule has 1 aromatic carbocycles. The van der Waals surface area contributed by atoms with Crippen LogP contribution in [-0.2, 0) is 16.0 Å². The average Bonchev–Trinajstić information content (AvgIpc) is 2.65. The van der Waals surface area contributed by atoms with Gasteiger partial charge in [0, 0.05) is 10.9 Å². The van der Waals surface area contributed by atoms with Gasteiger partial charge in [0.2, 0.25) is 0 Å². The maximum absolute atomic E-state index is 12.3. The Morgan fingerprint density at radius 1 is 1.40 bits per heavy atom. The lowest BCUT2D eigenvalue weighted by Gasteiger charge is -2.27. The SMILES string of the molecule is CC(C)(C)OC(=O)N1c2cc(Br)ccc2CC1C(=O)O. The van der Waals surface area contributed by atoms with Crippen molar-refractivity contribution in [2.45, 2.75) is 38.8 Å². The van der Waals surface area contributed by atoms with Crippen molar-refractivity contribution in [3.8, 4) is 0 Å². The third kappa shape index (κ3) is 2.95. The van der Waals surface area contributed by atoms with Crippen molar-refractivity contribution in [1.29, 1.82) is 0 Å². The quantitative estimate of drug-likeness (QED) is 0.851. The van der Waals surface area contributed by atoms with Crippen molar-refractivity contribution >= 4 is 33.7 Å². The van der Waals surface area contributed by atoms with Gasteiger partial charge in [0.25, 0.3) is 0 Å². The monoisotopic (exact) mass is 341 g/mol. The molecular weight excluding hydrogens is 326 g/mol. The van der Waals surface area contributed by atoms with Crippen LogP contribution in [0.5, 0.6) is 0 Å². The van der Waals surface area contributed by atoms with E-state index in [1.807, 2.05) is 12.1 Å². The number of halogens is 1. The molecule has 0 aliphatic carbocycles. The summed E-state index contributed by atoms with van der Waals surface area (Å²) in [5, 5.41) is 9.31. The van der Waals surface area contributed by atoms with Crippen LogP contribution in [0.4, 0.5) is 10.5 Å². The minimum absolute atomic E-state index is 0.289. The Labute approximate surface area is 125 Å². The number of ether oxygens (including phenoxy) is 1. The third-order valence-electron chi connectivity index (χ3n) is 2.91. The lowest BCUT2D eigenvalue weighted by Crippen LogP contribution is -2.45. The molecule has 1 N–H and O–H groups in total. The lowest BCUT2D eigenvalue weighted by atomic mass is 10.1. The molecule has 6 heteroatoms. The van der Waals surface area contributed by atoms with Gasteiger partial charge in [0.15, 0.2) is 0 Å². The average molecular weight is 342 g/mol. The van der Waals surface area contributed by atoms with Gasteiger partial charge in [-0.05, 0) is 38.5 Å². The van der Waals surface area contributed by atoms with Crippen LogP contribution in [0.3, 0.4) is 0 Å². The molecule has 0 aromatic heterocycles. The molecule has 0 saturated heterocycles. The van der Waals surface area contributed by atoms with Crippen LogP contribution in [0, 0.1) is 0 Å². The number of nitrogens with zero attached hydrogens (tertiary/aromatic N) is 1. The molecule has 0 saturated carbocycles. The molecule has 2 rings (SSSR count). The number of anilines is 1. The van der Waals surface area contributed by atoms with Crippen LogP contribution < -0.4 is 4.90 Å². The molecule has 5 nitrogen and oxygen atoms in total. The lowest BCUT2D eigenvalue weighted by molar-refractivity contribution is -0.138. The minimum atomic E-state index is -1.04. The van der Waals surface area contributed by atoms with Crippen LogP contribution in [-0.4, -0.2) is 28.8 Å². The predicted octanol–water partition coefficient (Wildman–Crippen LogP) is 3.20. The van der Waals surface area contributed by atoms with E-state index < -0.39 is 23.7 Å². The van der Waals surface area contributed by atoms with Crippen molar-refractivity contribution in [2.75, 3.05) is 4.90 Å². The standard InChI is InChI=1S/C14H16BrNO4/c1-14(2,3)20-13(19)16-10-7-9(15)5-4-8(10)6-11(16)12(17)18/h4-5,7,11H,6H2,1-3H3,(H,17,18). The van der Waals surface area contributed by atoms with E-state index >= 15 is 0 Å². The summed E-state index contributed by atoms with van der Waals surface area (Å²) in [6.07, 6.45) is -0.348. The van der Waals surface area contributed by atoms with Crippen molar-refractivity contribution in [3.63, 3.8) is 0 Å². The van der Waals surface area contributed by atoms with Crippen molar-refractivity contribution in [2.24, 2.45) is 0 Å². The Morgan fingerprint density at radius 2 is 2.05 bits per heavy atom. The Balaban J connectivity index is 2.39. The van der Waals surface area contributed by atoms with Crippen LogP contribution in [0.25, 0.3) is 0 Å². The number of fused-ring (bicyclic) bond motifs is 1. The zero-order valence-corrected chi connectivity index (χ0v) is 13.1. The molecule has 0 spiro atoms. The molecule has 0 radical (unpaired) electrons. The van der Waals surface area contributed by atoms with Gasteiger partial charge in [-0.25, -0.2) is 9.59 Å². The molecule has 108 valence electrons. The van der Waals surface area contributed by atoms with Gasteiger partial charge in [0.05, 0.1) is 5.69 Å². The fourth-order valence-electron chi connectivity index (χ4n) is 2.14. The normalized spacial score (nSPS) is 17.8. The maximum atomic E-state index is 12.3. The zero-order valence-electron chi connectivity index (χ0n) is 11.5. The van der Waals surface area contributed by atoms with E-state index in [4.69, 9.17) is 4.74 Å². The number of hydrogen-bond donors (Lipinski definition) is 1. The second kappa shape index (κ2) is 5.09. The second-order valence-corrected chi connectivity index (χ2v) is 6.60. The highest BCUT2D eigenvalue weighted by Crippen LogP contribution is 2.35. The third-order valence-corrected chi connectivity index (χ3v) is 3.40. The van der Waals surface area contributed by atoms with E-state index in [-0.39, 0.29) is 6.42 Å². The van der Waals surface area contributed by atoms with Gasteiger partial charge >= 0.3 is 12.1 Å². The Morgan fingerprint density at radius 3 is 2.60 bits per heavy atom. The molecular formula is C14H16BrNO4. The van der Waals surface area contributed by atoms with Crippen LogP contribution in [0.2, 0.25) is 0 Å². The number of carbonyl (C=O) groups excluding carboxylic acids is 1. The number of carbonyl (C=O) groups is 2. The molecule has 1 aromatic rings. The minimum Gasteiger partial charge on any atom is -0.480 e. The van der Waals surface area contributed by atoms with Crippen LogP contribution in [0.1, 0.15) is 26.3 Å². The molecule has 1 amide bonds. The highest BCUT2D eigenvalue weighted by atomic mass is 79.9. The summed E-state index contributed by atoms with van der Waals surface area (Å²) in [4.78, 5) is 24.9. The Hall–Kier alpha value is -1.56. The number of hydrogen-bond acceptors (Lipinski definition) is 3. The first-order valence-corrected chi connectivity index (χ1v) is 7.02. The molecule has 1 heterocycles. The molecule has 1 aliphatic heterocycles. The van der Waals surface area contributed by atoms with Gasteiger partial charge in [-0.1, -0.05) is 22.0 Å². The van der Waals surface area contributed by atoms with E-state index in [0.717, 1.165) is 10.0 Å². The molecule has 1 atom stereocenters.